The number of amides is 1. The normalized spacial score (nSPS) is 10.9. The summed E-state index contributed by atoms with van der Waals surface area (Å²) in [6, 6.07) is 9.29. The predicted molar refractivity (Wildman–Crippen MR) is 113 cm³/mol. The number of benzene rings is 1. The summed E-state index contributed by atoms with van der Waals surface area (Å²) in [6.07, 6.45) is 0. The summed E-state index contributed by atoms with van der Waals surface area (Å²) < 4.78 is 6.84. The van der Waals surface area contributed by atoms with E-state index in [9.17, 15) is 4.79 Å². The number of carbonyl (C=O) groups is 1. The molecule has 138 valence electrons. The molecule has 0 saturated carbocycles. The van der Waals surface area contributed by atoms with E-state index in [-0.39, 0.29) is 5.91 Å². The van der Waals surface area contributed by atoms with Crippen molar-refractivity contribution in [2.24, 2.45) is 0 Å². The molecular weight excluding hydrogens is 400 g/mol. The van der Waals surface area contributed by atoms with E-state index in [2.05, 4.69) is 15.3 Å². The van der Waals surface area contributed by atoms with Gasteiger partial charge in [0.2, 0.25) is 0 Å². The summed E-state index contributed by atoms with van der Waals surface area (Å²) in [7, 11) is 3.91. The summed E-state index contributed by atoms with van der Waals surface area (Å²) >= 11 is 4.49. The van der Waals surface area contributed by atoms with Crippen molar-refractivity contribution < 1.29 is 9.53 Å². The fourth-order valence-electron chi connectivity index (χ4n) is 2.37. The van der Waals surface area contributed by atoms with Crippen LogP contribution in [0, 0.1) is 0 Å². The molecule has 0 unspecified atom stereocenters. The van der Waals surface area contributed by atoms with Crippen LogP contribution in [-0.4, -0.2) is 30.0 Å². The molecule has 6 nitrogen and oxygen atoms in total. The first kappa shape index (κ1) is 17.9. The molecule has 0 fully saturated rings. The van der Waals surface area contributed by atoms with Crippen LogP contribution in [0.25, 0.3) is 9.53 Å². The molecule has 4 rings (SSSR count). The number of ether oxygens (including phenoxy) is 1. The predicted octanol–water partition coefficient (Wildman–Crippen LogP) is 4.71. The average molecular weight is 417 g/mol. The maximum Gasteiger partial charge on any atom is 0.265 e. The minimum atomic E-state index is -0.165. The topological polar surface area (TPSA) is 67.4 Å². The summed E-state index contributed by atoms with van der Waals surface area (Å²) in [5.41, 5.74) is 3.27. The van der Waals surface area contributed by atoms with Gasteiger partial charge < -0.3 is 15.0 Å². The summed E-state index contributed by atoms with van der Waals surface area (Å²) in [5.74, 6) is 0.451. The Morgan fingerprint density at radius 1 is 1.26 bits per heavy atom. The Morgan fingerprint density at radius 3 is 2.85 bits per heavy atom. The monoisotopic (exact) mass is 416 g/mol. The molecule has 1 aromatic carbocycles. The number of hydrogen-bond acceptors (Lipinski definition) is 8. The Balaban J connectivity index is 1.50. The Bertz CT molecular complexity index is 1040. The number of rotatable bonds is 6. The zero-order valence-corrected chi connectivity index (χ0v) is 17.1. The second kappa shape index (κ2) is 7.63. The minimum Gasteiger partial charge on any atom is -0.485 e. The van der Waals surface area contributed by atoms with Crippen LogP contribution >= 0.6 is 34.0 Å². The Morgan fingerprint density at radius 2 is 2.11 bits per heavy atom. The molecular formula is C18H16N4O2S3. The molecule has 0 spiro atoms. The minimum absolute atomic E-state index is 0.165. The van der Waals surface area contributed by atoms with Crippen LogP contribution in [0.2, 0.25) is 0 Å². The molecule has 1 N–H and O–H groups in total. The molecule has 3 heterocycles. The lowest BCUT2D eigenvalue weighted by molar-refractivity contribution is 0.103. The molecule has 0 aliphatic rings. The third-order valence-corrected chi connectivity index (χ3v) is 6.64. The second-order valence-corrected chi connectivity index (χ2v) is 8.65. The molecule has 4 aromatic rings. The lowest BCUT2D eigenvalue weighted by Gasteiger charge is -2.11. The Labute approximate surface area is 168 Å². The van der Waals surface area contributed by atoms with Gasteiger partial charge in [0, 0.05) is 19.5 Å². The third-order valence-electron chi connectivity index (χ3n) is 3.68. The number of hydrogen-bond donors (Lipinski definition) is 1. The van der Waals surface area contributed by atoms with Gasteiger partial charge in [-0.1, -0.05) is 23.5 Å². The largest absolute Gasteiger partial charge is 0.485 e. The van der Waals surface area contributed by atoms with Crippen molar-refractivity contribution in [2.45, 2.75) is 6.61 Å². The van der Waals surface area contributed by atoms with Gasteiger partial charge in [-0.05, 0) is 18.2 Å². The smallest absolute Gasteiger partial charge is 0.265 e. The van der Waals surface area contributed by atoms with E-state index in [1.165, 1.54) is 22.7 Å². The van der Waals surface area contributed by atoms with E-state index in [1.54, 1.807) is 16.8 Å². The summed E-state index contributed by atoms with van der Waals surface area (Å²) in [5, 5.41) is 5.81. The second-order valence-electron chi connectivity index (χ2n) is 5.89. The highest BCUT2D eigenvalue weighted by molar-refractivity contribution is 7.29. The van der Waals surface area contributed by atoms with E-state index in [0.29, 0.717) is 22.9 Å². The molecule has 0 saturated heterocycles. The average Bonchev–Trinajstić information content (AvgIpc) is 3.37. The van der Waals surface area contributed by atoms with Gasteiger partial charge in [-0.3, -0.25) is 4.79 Å². The molecule has 0 aliphatic heterocycles. The van der Waals surface area contributed by atoms with Crippen LogP contribution in [-0.2, 0) is 6.61 Å². The van der Waals surface area contributed by atoms with Gasteiger partial charge in [0.15, 0.2) is 5.13 Å². The maximum absolute atomic E-state index is 12.7. The van der Waals surface area contributed by atoms with Crippen molar-refractivity contribution in [1.82, 2.24) is 9.97 Å². The van der Waals surface area contributed by atoms with Crippen LogP contribution < -0.4 is 15.0 Å². The first-order valence-electron chi connectivity index (χ1n) is 8.08. The van der Waals surface area contributed by atoms with Crippen molar-refractivity contribution in [2.75, 3.05) is 24.3 Å². The number of carbonyl (C=O) groups excluding carboxylic acids is 1. The number of fused-ring (bicyclic) bond motifs is 1. The van der Waals surface area contributed by atoms with Gasteiger partial charge in [0.25, 0.3) is 5.91 Å². The number of thiophene rings is 1. The van der Waals surface area contributed by atoms with Gasteiger partial charge in [-0.2, -0.15) is 0 Å². The molecule has 9 heteroatoms. The van der Waals surface area contributed by atoms with Crippen LogP contribution in [0.5, 0.6) is 5.75 Å². The molecule has 0 bridgehead atoms. The van der Waals surface area contributed by atoms with Crippen molar-refractivity contribution in [3.05, 3.63) is 51.8 Å². The first-order valence-corrected chi connectivity index (χ1v) is 10.7. The molecule has 0 atom stereocenters. The van der Waals surface area contributed by atoms with Crippen LogP contribution in [0.4, 0.5) is 10.8 Å². The lowest BCUT2D eigenvalue weighted by Crippen LogP contribution is -2.11. The summed E-state index contributed by atoms with van der Waals surface area (Å²) in [6.45, 7) is 0.363. The van der Waals surface area contributed by atoms with Gasteiger partial charge in [-0.15, -0.1) is 22.7 Å². The molecule has 1 amide bonds. The third kappa shape index (κ3) is 3.95. The first-order chi connectivity index (χ1) is 13.1. The fourth-order valence-corrected chi connectivity index (χ4v) is 4.94. The quantitative estimate of drug-likeness (QED) is 0.493. The highest BCUT2D eigenvalue weighted by Crippen LogP contribution is 2.34. The standard InChI is InChI=1S/C18H16N4O2S3/c1-22(2)18-21-17-15(27-18)7-14(26-17)16(23)20-12-5-3-4-6-13(12)24-8-11-9-25-10-19-11/h3-7,9-10H,8H2,1-2H3,(H,20,23). The molecule has 0 radical (unpaired) electrons. The van der Waals surface area contributed by atoms with Crippen molar-refractivity contribution in [1.29, 1.82) is 0 Å². The van der Waals surface area contributed by atoms with E-state index in [0.717, 1.165) is 20.4 Å². The van der Waals surface area contributed by atoms with Crippen molar-refractivity contribution in [3.63, 3.8) is 0 Å². The maximum atomic E-state index is 12.7. The number of anilines is 2. The number of para-hydroxylation sites is 2. The zero-order chi connectivity index (χ0) is 18.8. The van der Waals surface area contributed by atoms with Crippen LogP contribution in [0.15, 0.2) is 41.2 Å². The Kier molecular flexibility index (Phi) is 5.06. The van der Waals surface area contributed by atoms with E-state index < -0.39 is 0 Å². The van der Waals surface area contributed by atoms with Crippen LogP contribution in [0.3, 0.4) is 0 Å². The van der Waals surface area contributed by atoms with Crippen molar-refractivity contribution >= 4 is 60.3 Å². The summed E-state index contributed by atoms with van der Waals surface area (Å²) in [4.78, 5) is 24.9. The Hall–Kier alpha value is -2.49. The fraction of sp³-hybridized carbons (Fsp3) is 0.167. The SMILES string of the molecule is CN(C)c1nc2sc(C(=O)Nc3ccccc3OCc3cscn3)cc2s1. The van der Waals surface area contributed by atoms with E-state index >= 15 is 0 Å². The number of nitrogens with one attached hydrogen (secondary N) is 1. The van der Waals surface area contributed by atoms with E-state index in [1.807, 2.05) is 54.7 Å². The number of thiazole rings is 2. The van der Waals surface area contributed by atoms with Gasteiger partial charge in [0.1, 0.15) is 17.2 Å². The highest BCUT2D eigenvalue weighted by Gasteiger charge is 2.16. The van der Waals surface area contributed by atoms with Crippen LogP contribution in [0.1, 0.15) is 15.4 Å². The van der Waals surface area contributed by atoms with Gasteiger partial charge >= 0.3 is 0 Å². The molecule has 0 aliphatic carbocycles. The lowest BCUT2D eigenvalue weighted by atomic mass is 10.3. The molecule has 27 heavy (non-hydrogen) atoms. The van der Waals surface area contributed by atoms with Gasteiger partial charge in [0.05, 0.1) is 26.5 Å². The van der Waals surface area contributed by atoms with Gasteiger partial charge in [-0.25, -0.2) is 9.97 Å². The zero-order valence-electron chi connectivity index (χ0n) is 14.6. The molecule has 3 aromatic heterocycles. The number of nitrogens with zero attached hydrogens (tertiary/aromatic N) is 3. The van der Waals surface area contributed by atoms with Crippen molar-refractivity contribution in [3.8, 4) is 5.75 Å². The number of aromatic nitrogens is 2. The highest BCUT2D eigenvalue weighted by atomic mass is 32.1. The van der Waals surface area contributed by atoms with E-state index in [4.69, 9.17) is 4.74 Å².